The molecule has 1 saturated heterocycles. The van der Waals surface area contributed by atoms with E-state index in [4.69, 9.17) is 5.73 Å². The summed E-state index contributed by atoms with van der Waals surface area (Å²) in [6.07, 6.45) is 2.82. The Kier molecular flexibility index (Phi) is 6.47. The predicted molar refractivity (Wildman–Crippen MR) is 69.8 cm³/mol. The lowest BCUT2D eigenvalue weighted by Crippen LogP contribution is -2.43. The molecule has 0 aromatic rings. The highest BCUT2D eigenvalue weighted by Gasteiger charge is 2.20. The zero-order valence-corrected chi connectivity index (χ0v) is 11.1. The second-order valence-corrected chi connectivity index (χ2v) is 4.98. The summed E-state index contributed by atoms with van der Waals surface area (Å²) in [7, 11) is 4.07. The monoisotopic (exact) mass is 242 g/mol. The Balaban J connectivity index is 2.22. The van der Waals surface area contributed by atoms with Gasteiger partial charge in [-0.2, -0.15) is 0 Å². The minimum absolute atomic E-state index is 0.114. The summed E-state index contributed by atoms with van der Waals surface area (Å²) in [5, 5.41) is 3.34. The van der Waals surface area contributed by atoms with Crippen molar-refractivity contribution in [2.45, 2.75) is 25.3 Å². The number of likely N-dealkylation sites (N-methyl/N-ethyl adjacent to an activating group) is 1. The van der Waals surface area contributed by atoms with E-state index in [0.717, 1.165) is 39.0 Å². The van der Waals surface area contributed by atoms with Gasteiger partial charge in [0.05, 0.1) is 0 Å². The molecule has 100 valence electrons. The van der Waals surface area contributed by atoms with Crippen molar-refractivity contribution in [3.8, 4) is 0 Å². The molecule has 1 aliphatic heterocycles. The maximum Gasteiger partial charge on any atom is 0.224 e. The zero-order valence-electron chi connectivity index (χ0n) is 11.1. The quantitative estimate of drug-likeness (QED) is 0.630. The first kappa shape index (κ1) is 14.4. The van der Waals surface area contributed by atoms with Crippen LogP contribution >= 0.6 is 0 Å². The van der Waals surface area contributed by atoms with E-state index in [2.05, 4.69) is 10.2 Å². The molecule has 0 saturated carbocycles. The topological polar surface area (TPSA) is 61.6 Å². The van der Waals surface area contributed by atoms with Gasteiger partial charge in [-0.05, 0) is 26.9 Å². The third kappa shape index (κ3) is 5.48. The number of nitrogens with one attached hydrogen (secondary N) is 1. The van der Waals surface area contributed by atoms with Crippen LogP contribution in [0.3, 0.4) is 0 Å². The van der Waals surface area contributed by atoms with E-state index in [1.165, 1.54) is 0 Å². The summed E-state index contributed by atoms with van der Waals surface area (Å²) in [6, 6.07) is 0.114. The molecule has 1 unspecified atom stereocenters. The summed E-state index contributed by atoms with van der Waals surface area (Å²) in [5.41, 5.74) is 5.69. The van der Waals surface area contributed by atoms with Crippen molar-refractivity contribution in [2.75, 3.05) is 46.8 Å². The van der Waals surface area contributed by atoms with Crippen LogP contribution in [0.4, 0.5) is 0 Å². The fraction of sp³-hybridized carbons (Fsp3) is 0.917. The smallest absolute Gasteiger partial charge is 0.224 e. The standard InChI is InChI=1S/C12H26N4O/c1-15(2)8-5-14-11(10-13)9-12(17)16-6-3-4-7-16/h11,14H,3-10,13H2,1-2H3. The Morgan fingerprint density at radius 3 is 2.59 bits per heavy atom. The van der Waals surface area contributed by atoms with Crippen molar-refractivity contribution in [1.29, 1.82) is 0 Å². The average Bonchev–Trinajstić information content (AvgIpc) is 2.80. The lowest BCUT2D eigenvalue weighted by atomic mass is 10.2. The predicted octanol–water partition coefficient (Wildman–Crippen LogP) is -0.523. The van der Waals surface area contributed by atoms with Gasteiger partial charge in [0.25, 0.3) is 0 Å². The van der Waals surface area contributed by atoms with Gasteiger partial charge in [0.15, 0.2) is 0 Å². The molecule has 3 N–H and O–H groups in total. The number of carbonyl (C=O) groups is 1. The molecule has 0 aromatic carbocycles. The number of hydrogen-bond acceptors (Lipinski definition) is 4. The Morgan fingerprint density at radius 2 is 2.06 bits per heavy atom. The van der Waals surface area contributed by atoms with Crippen molar-refractivity contribution in [3.05, 3.63) is 0 Å². The van der Waals surface area contributed by atoms with Crippen LogP contribution in [-0.2, 0) is 4.79 Å². The van der Waals surface area contributed by atoms with Gasteiger partial charge in [0, 0.05) is 45.2 Å². The van der Waals surface area contributed by atoms with Crippen LogP contribution in [0.2, 0.25) is 0 Å². The van der Waals surface area contributed by atoms with E-state index in [0.29, 0.717) is 13.0 Å². The summed E-state index contributed by atoms with van der Waals surface area (Å²) < 4.78 is 0. The third-order valence-electron chi connectivity index (χ3n) is 3.16. The van der Waals surface area contributed by atoms with Crippen LogP contribution in [0.15, 0.2) is 0 Å². The SMILES string of the molecule is CN(C)CCNC(CN)CC(=O)N1CCCC1. The molecule has 17 heavy (non-hydrogen) atoms. The van der Waals surface area contributed by atoms with Gasteiger partial charge >= 0.3 is 0 Å². The number of carbonyl (C=O) groups excluding carboxylic acids is 1. The summed E-state index contributed by atoms with van der Waals surface area (Å²) in [6.45, 7) is 4.21. The maximum atomic E-state index is 11.9. The molecule has 1 amide bonds. The largest absolute Gasteiger partial charge is 0.343 e. The van der Waals surface area contributed by atoms with Gasteiger partial charge in [-0.3, -0.25) is 4.79 Å². The second-order valence-electron chi connectivity index (χ2n) is 4.98. The fourth-order valence-electron chi connectivity index (χ4n) is 2.04. The number of nitrogens with two attached hydrogens (primary N) is 1. The molecule has 0 aliphatic carbocycles. The first-order valence-corrected chi connectivity index (χ1v) is 6.49. The van der Waals surface area contributed by atoms with Crippen LogP contribution in [0.1, 0.15) is 19.3 Å². The summed E-state index contributed by atoms with van der Waals surface area (Å²) in [5.74, 6) is 0.246. The summed E-state index contributed by atoms with van der Waals surface area (Å²) in [4.78, 5) is 16.0. The lowest BCUT2D eigenvalue weighted by Gasteiger charge is -2.21. The number of hydrogen-bond donors (Lipinski definition) is 2. The normalized spacial score (nSPS) is 17.8. The third-order valence-corrected chi connectivity index (χ3v) is 3.16. The first-order valence-electron chi connectivity index (χ1n) is 6.49. The second kappa shape index (κ2) is 7.63. The first-order chi connectivity index (χ1) is 8.13. The molecule has 1 aliphatic rings. The van der Waals surface area contributed by atoms with E-state index in [1.807, 2.05) is 19.0 Å². The van der Waals surface area contributed by atoms with Crippen LogP contribution in [0.25, 0.3) is 0 Å². The van der Waals surface area contributed by atoms with Crippen LogP contribution in [0.5, 0.6) is 0 Å². The molecule has 1 rings (SSSR count). The highest BCUT2D eigenvalue weighted by Crippen LogP contribution is 2.09. The zero-order chi connectivity index (χ0) is 12.7. The van der Waals surface area contributed by atoms with E-state index >= 15 is 0 Å². The van der Waals surface area contributed by atoms with Gasteiger partial charge in [-0.25, -0.2) is 0 Å². The van der Waals surface area contributed by atoms with Crippen molar-refractivity contribution < 1.29 is 4.79 Å². The van der Waals surface area contributed by atoms with Crippen molar-refractivity contribution in [2.24, 2.45) is 5.73 Å². The van der Waals surface area contributed by atoms with E-state index < -0.39 is 0 Å². The van der Waals surface area contributed by atoms with Gasteiger partial charge < -0.3 is 20.9 Å². The van der Waals surface area contributed by atoms with E-state index in [9.17, 15) is 4.79 Å². The Labute approximate surface area is 104 Å². The minimum atomic E-state index is 0.114. The lowest BCUT2D eigenvalue weighted by molar-refractivity contribution is -0.130. The highest BCUT2D eigenvalue weighted by molar-refractivity contribution is 5.77. The van der Waals surface area contributed by atoms with Crippen molar-refractivity contribution in [1.82, 2.24) is 15.1 Å². The Bertz CT molecular complexity index is 227. The van der Waals surface area contributed by atoms with Crippen LogP contribution < -0.4 is 11.1 Å². The average molecular weight is 242 g/mol. The molecular formula is C12H26N4O. The van der Waals surface area contributed by atoms with Crippen molar-refractivity contribution in [3.63, 3.8) is 0 Å². The number of rotatable bonds is 7. The van der Waals surface area contributed by atoms with E-state index in [1.54, 1.807) is 0 Å². The van der Waals surface area contributed by atoms with Crippen LogP contribution in [0, 0.1) is 0 Å². The van der Waals surface area contributed by atoms with Gasteiger partial charge in [0.2, 0.25) is 5.91 Å². The number of likely N-dealkylation sites (tertiary alicyclic amines) is 1. The Hall–Kier alpha value is -0.650. The number of amides is 1. The molecule has 0 bridgehead atoms. The molecular weight excluding hydrogens is 216 g/mol. The molecule has 5 nitrogen and oxygen atoms in total. The molecule has 0 radical (unpaired) electrons. The van der Waals surface area contributed by atoms with Crippen LogP contribution in [-0.4, -0.2) is 68.6 Å². The fourth-order valence-corrected chi connectivity index (χ4v) is 2.04. The number of nitrogens with zero attached hydrogens (tertiary/aromatic N) is 2. The molecule has 1 heterocycles. The van der Waals surface area contributed by atoms with Crippen molar-refractivity contribution >= 4 is 5.91 Å². The van der Waals surface area contributed by atoms with Gasteiger partial charge in [0.1, 0.15) is 0 Å². The Morgan fingerprint density at radius 1 is 1.41 bits per heavy atom. The minimum Gasteiger partial charge on any atom is -0.343 e. The molecule has 0 aromatic heterocycles. The van der Waals surface area contributed by atoms with Gasteiger partial charge in [-0.15, -0.1) is 0 Å². The highest BCUT2D eigenvalue weighted by atomic mass is 16.2. The molecule has 1 atom stereocenters. The molecule has 0 spiro atoms. The molecule has 1 fully saturated rings. The molecule has 5 heteroatoms. The van der Waals surface area contributed by atoms with Gasteiger partial charge in [-0.1, -0.05) is 0 Å². The summed E-state index contributed by atoms with van der Waals surface area (Å²) >= 11 is 0. The maximum absolute atomic E-state index is 11.9. The van der Waals surface area contributed by atoms with E-state index in [-0.39, 0.29) is 11.9 Å².